The maximum atomic E-state index is 12.4. The number of amides is 3. The van der Waals surface area contributed by atoms with Gasteiger partial charge in [-0.1, -0.05) is 18.2 Å². The highest BCUT2D eigenvalue weighted by Crippen LogP contribution is 2.19. The molecule has 0 spiro atoms. The van der Waals surface area contributed by atoms with Crippen molar-refractivity contribution in [2.24, 2.45) is 0 Å². The van der Waals surface area contributed by atoms with Crippen molar-refractivity contribution < 1.29 is 19.1 Å². The number of carbonyl (C=O) groups excluding carboxylic acids is 3. The van der Waals surface area contributed by atoms with Gasteiger partial charge in [0.1, 0.15) is 0 Å². The van der Waals surface area contributed by atoms with Crippen molar-refractivity contribution in [3.8, 4) is 0 Å². The van der Waals surface area contributed by atoms with Gasteiger partial charge in [-0.25, -0.2) is 9.59 Å². The second-order valence-corrected chi connectivity index (χ2v) is 5.22. The SMILES string of the molecule is CCNC(=O)NC(=O)[C@H](C)OC(=O)c1cc(C)nc2ccccc12. The molecule has 0 aliphatic heterocycles. The van der Waals surface area contributed by atoms with E-state index in [4.69, 9.17) is 4.74 Å². The first-order valence-corrected chi connectivity index (χ1v) is 7.58. The molecule has 0 bridgehead atoms. The summed E-state index contributed by atoms with van der Waals surface area (Å²) >= 11 is 0. The van der Waals surface area contributed by atoms with Crippen LogP contribution in [-0.2, 0) is 9.53 Å². The average molecular weight is 329 g/mol. The molecule has 24 heavy (non-hydrogen) atoms. The zero-order valence-corrected chi connectivity index (χ0v) is 13.8. The maximum absolute atomic E-state index is 12.4. The molecular formula is C17H19N3O4. The highest BCUT2D eigenvalue weighted by Gasteiger charge is 2.22. The van der Waals surface area contributed by atoms with E-state index in [9.17, 15) is 14.4 Å². The van der Waals surface area contributed by atoms with E-state index in [0.717, 1.165) is 0 Å². The first-order valence-electron chi connectivity index (χ1n) is 7.58. The molecular weight excluding hydrogens is 310 g/mol. The molecule has 2 rings (SSSR count). The van der Waals surface area contributed by atoms with E-state index in [1.165, 1.54) is 6.92 Å². The van der Waals surface area contributed by atoms with Gasteiger partial charge < -0.3 is 10.1 Å². The molecule has 0 unspecified atom stereocenters. The molecule has 1 atom stereocenters. The largest absolute Gasteiger partial charge is 0.449 e. The maximum Gasteiger partial charge on any atom is 0.339 e. The van der Waals surface area contributed by atoms with Crippen LogP contribution in [0, 0.1) is 6.92 Å². The van der Waals surface area contributed by atoms with Crippen LogP contribution in [0.2, 0.25) is 0 Å². The molecule has 1 aromatic heterocycles. The standard InChI is InChI=1S/C17H19N3O4/c1-4-18-17(23)20-15(21)11(3)24-16(22)13-9-10(2)19-14-8-6-5-7-12(13)14/h5-9,11H,4H2,1-3H3,(H2,18,20,21,23)/t11-/m0/s1. The third-order valence-corrected chi connectivity index (χ3v) is 3.29. The van der Waals surface area contributed by atoms with Crippen molar-refractivity contribution in [2.45, 2.75) is 26.9 Å². The monoisotopic (exact) mass is 329 g/mol. The van der Waals surface area contributed by atoms with Crippen LogP contribution in [0.25, 0.3) is 10.9 Å². The predicted octanol–water partition coefficient (Wildman–Crippen LogP) is 1.93. The summed E-state index contributed by atoms with van der Waals surface area (Å²) in [5.41, 5.74) is 1.67. The minimum atomic E-state index is -1.10. The molecule has 2 N–H and O–H groups in total. The number of aryl methyl sites for hydroxylation is 1. The Morgan fingerprint density at radius 1 is 1.25 bits per heavy atom. The highest BCUT2D eigenvalue weighted by molar-refractivity contribution is 6.05. The van der Waals surface area contributed by atoms with E-state index in [2.05, 4.69) is 15.6 Å². The van der Waals surface area contributed by atoms with Crippen molar-refractivity contribution >= 4 is 28.8 Å². The lowest BCUT2D eigenvalue weighted by atomic mass is 10.1. The van der Waals surface area contributed by atoms with Crippen molar-refractivity contribution in [1.82, 2.24) is 15.6 Å². The number of hydrogen-bond donors (Lipinski definition) is 2. The summed E-state index contributed by atoms with van der Waals surface area (Å²) < 4.78 is 5.18. The van der Waals surface area contributed by atoms with E-state index in [0.29, 0.717) is 28.7 Å². The van der Waals surface area contributed by atoms with Crippen LogP contribution < -0.4 is 10.6 Å². The number of fused-ring (bicyclic) bond motifs is 1. The fourth-order valence-corrected chi connectivity index (χ4v) is 2.17. The van der Waals surface area contributed by atoms with Crippen molar-refractivity contribution in [2.75, 3.05) is 6.54 Å². The summed E-state index contributed by atoms with van der Waals surface area (Å²) in [6.07, 6.45) is -1.10. The quantitative estimate of drug-likeness (QED) is 0.835. The van der Waals surface area contributed by atoms with E-state index in [1.807, 2.05) is 6.07 Å². The van der Waals surface area contributed by atoms with Gasteiger partial charge in [-0.05, 0) is 32.9 Å². The predicted molar refractivity (Wildman–Crippen MR) is 88.6 cm³/mol. The first kappa shape index (κ1) is 17.4. The van der Waals surface area contributed by atoms with Gasteiger partial charge in [-0.3, -0.25) is 15.1 Å². The number of imide groups is 1. The second kappa shape index (κ2) is 7.54. The van der Waals surface area contributed by atoms with Gasteiger partial charge in [0.15, 0.2) is 6.10 Å². The number of esters is 1. The Morgan fingerprint density at radius 3 is 2.67 bits per heavy atom. The van der Waals surface area contributed by atoms with Crippen molar-refractivity contribution in [3.63, 3.8) is 0 Å². The van der Waals surface area contributed by atoms with Gasteiger partial charge in [0, 0.05) is 17.6 Å². The summed E-state index contributed by atoms with van der Waals surface area (Å²) in [6, 6.07) is 8.16. The Bertz CT molecular complexity index is 788. The van der Waals surface area contributed by atoms with Crippen LogP contribution in [0.15, 0.2) is 30.3 Å². The number of para-hydroxylation sites is 1. The van der Waals surface area contributed by atoms with E-state index < -0.39 is 24.0 Å². The van der Waals surface area contributed by atoms with Gasteiger partial charge in [-0.15, -0.1) is 0 Å². The van der Waals surface area contributed by atoms with Crippen LogP contribution in [-0.4, -0.2) is 35.5 Å². The fraction of sp³-hybridized carbons (Fsp3) is 0.294. The summed E-state index contributed by atoms with van der Waals surface area (Å²) in [5.74, 6) is -1.33. The second-order valence-electron chi connectivity index (χ2n) is 5.22. The molecule has 1 aromatic carbocycles. The minimum absolute atomic E-state index is 0.329. The van der Waals surface area contributed by atoms with Crippen LogP contribution in [0.4, 0.5) is 4.79 Å². The molecule has 7 nitrogen and oxygen atoms in total. The molecule has 2 aromatic rings. The third kappa shape index (κ3) is 4.07. The number of hydrogen-bond acceptors (Lipinski definition) is 5. The number of benzene rings is 1. The summed E-state index contributed by atoms with van der Waals surface area (Å²) in [5, 5.41) is 5.18. The topological polar surface area (TPSA) is 97.4 Å². The number of aromatic nitrogens is 1. The summed E-state index contributed by atoms with van der Waals surface area (Å²) in [6.45, 7) is 5.29. The van der Waals surface area contributed by atoms with E-state index in [-0.39, 0.29) is 0 Å². The Morgan fingerprint density at radius 2 is 1.96 bits per heavy atom. The zero-order chi connectivity index (χ0) is 17.7. The van der Waals surface area contributed by atoms with Gasteiger partial charge >= 0.3 is 12.0 Å². The normalized spacial score (nSPS) is 11.6. The van der Waals surface area contributed by atoms with Gasteiger partial charge in [0.2, 0.25) is 0 Å². The Balaban J connectivity index is 2.15. The number of urea groups is 1. The molecule has 3 amide bonds. The lowest BCUT2D eigenvalue weighted by Gasteiger charge is -2.14. The van der Waals surface area contributed by atoms with Crippen molar-refractivity contribution in [1.29, 1.82) is 0 Å². The smallest absolute Gasteiger partial charge is 0.339 e. The number of pyridine rings is 1. The van der Waals surface area contributed by atoms with Gasteiger partial charge in [-0.2, -0.15) is 0 Å². The number of nitrogens with zero attached hydrogens (tertiary/aromatic N) is 1. The molecule has 0 radical (unpaired) electrons. The van der Waals surface area contributed by atoms with E-state index in [1.54, 1.807) is 38.1 Å². The van der Waals surface area contributed by atoms with Crippen LogP contribution in [0.3, 0.4) is 0 Å². The molecule has 0 saturated carbocycles. The molecule has 7 heteroatoms. The summed E-state index contributed by atoms with van der Waals surface area (Å²) in [7, 11) is 0. The Labute approximate surface area is 139 Å². The zero-order valence-electron chi connectivity index (χ0n) is 13.8. The van der Waals surface area contributed by atoms with Crippen LogP contribution in [0.5, 0.6) is 0 Å². The number of rotatable bonds is 4. The lowest BCUT2D eigenvalue weighted by Crippen LogP contribution is -2.44. The lowest BCUT2D eigenvalue weighted by molar-refractivity contribution is -0.127. The molecule has 0 fully saturated rings. The fourth-order valence-electron chi connectivity index (χ4n) is 2.17. The molecule has 126 valence electrons. The average Bonchev–Trinajstić information content (AvgIpc) is 2.53. The van der Waals surface area contributed by atoms with Crippen LogP contribution in [0.1, 0.15) is 29.9 Å². The summed E-state index contributed by atoms with van der Waals surface area (Å²) in [4.78, 5) is 40.0. The molecule has 0 saturated heterocycles. The Hall–Kier alpha value is -2.96. The highest BCUT2D eigenvalue weighted by atomic mass is 16.5. The van der Waals surface area contributed by atoms with E-state index >= 15 is 0 Å². The van der Waals surface area contributed by atoms with Crippen molar-refractivity contribution in [3.05, 3.63) is 41.6 Å². The third-order valence-electron chi connectivity index (χ3n) is 3.29. The van der Waals surface area contributed by atoms with Gasteiger partial charge in [0.05, 0.1) is 11.1 Å². The van der Waals surface area contributed by atoms with Crippen LogP contribution >= 0.6 is 0 Å². The molecule has 0 aliphatic carbocycles. The van der Waals surface area contributed by atoms with Gasteiger partial charge in [0.25, 0.3) is 5.91 Å². The minimum Gasteiger partial charge on any atom is -0.449 e. The number of nitrogens with one attached hydrogen (secondary N) is 2. The molecule has 1 heterocycles. The molecule has 0 aliphatic rings. The Kier molecular flexibility index (Phi) is 5.47. The first-order chi connectivity index (χ1) is 11.4. The number of ether oxygens (including phenoxy) is 1. The number of carbonyl (C=O) groups is 3.